The van der Waals surface area contributed by atoms with Gasteiger partial charge in [0.15, 0.2) is 0 Å². The minimum Gasteiger partial charge on any atom is -0.389 e. The van der Waals surface area contributed by atoms with E-state index in [2.05, 4.69) is 5.32 Å². The zero-order chi connectivity index (χ0) is 15.4. The fourth-order valence-corrected chi connectivity index (χ4v) is 2.27. The molecule has 0 saturated carbocycles. The third-order valence-electron chi connectivity index (χ3n) is 3.01. The van der Waals surface area contributed by atoms with Crippen LogP contribution in [0.3, 0.4) is 0 Å². The third-order valence-corrected chi connectivity index (χ3v) is 3.46. The zero-order valence-corrected chi connectivity index (χ0v) is 13.1. The molecule has 3 N–H and O–H groups in total. The van der Waals surface area contributed by atoms with Crippen molar-refractivity contribution >= 4 is 40.4 Å². The molecule has 0 saturated heterocycles. The zero-order valence-electron chi connectivity index (χ0n) is 11.5. The number of anilines is 1. The SMILES string of the molecule is Cc1ccc(CC(=O)Nc2cc(Cl)ccc2C(N)=S)cc1. The third kappa shape index (κ3) is 4.28. The van der Waals surface area contributed by atoms with Gasteiger partial charge in [-0.2, -0.15) is 0 Å². The topological polar surface area (TPSA) is 55.1 Å². The van der Waals surface area contributed by atoms with E-state index >= 15 is 0 Å². The van der Waals surface area contributed by atoms with Crippen LogP contribution in [-0.4, -0.2) is 10.9 Å². The van der Waals surface area contributed by atoms with Crippen molar-refractivity contribution < 1.29 is 4.79 Å². The Labute approximate surface area is 134 Å². The molecule has 0 unspecified atom stereocenters. The van der Waals surface area contributed by atoms with Crippen molar-refractivity contribution in [3.05, 3.63) is 64.2 Å². The molecule has 0 aromatic heterocycles. The number of nitrogens with one attached hydrogen (secondary N) is 1. The van der Waals surface area contributed by atoms with Crippen LogP contribution in [0.1, 0.15) is 16.7 Å². The Morgan fingerprint density at radius 2 is 1.90 bits per heavy atom. The van der Waals surface area contributed by atoms with Gasteiger partial charge in [0.1, 0.15) is 4.99 Å². The Bertz CT molecular complexity index is 683. The summed E-state index contributed by atoms with van der Waals surface area (Å²) in [5, 5.41) is 3.32. The van der Waals surface area contributed by atoms with Gasteiger partial charge in [0.05, 0.1) is 12.1 Å². The molecule has 0 fully saturated rings. The number of nitrogens with two attached hydrogens (primary N) is 1. The smallest absolute Gasteiger partial charge is 0.228 e. The van der Waals surface area contributed by atoms with Crippen LogP contribution in [0.15, 0.2) is 42.5 Å². The van der Waals surface area contributed by atoms with E-state index in [1.54, 1.807) is 18.2 Å². The molecule has 0 aliphatic rings. The maximum absolute atomic E-state index is 12.1. The highest BCUT2D eigenvalue weighted by Gasteiger charge is 2.10. The normalized spacial score (nSPS) is 10.2. The van der Waals surface area contributed by atoms with Crippen LogP contribution in [0.2, 0.25) is 5.02 Å². The van der Waals surface area contributed by atoms with E-state index < -0.39 is 0 Å². The summed E-state index contributed by atoms with van der Waals surface area (Å²) in [7, 11) is 0. The molecular formula is C16H15ClN2OS. The number of carbonyl (C=O) groups excluding carboxylic acids is 1. The summed E-state index contributed by atoms with van der Waals surface area (Å²) < 4.78 is 0. The average Bonchev–Trinajstić information content (AvgIpc) is 2.41. The van der Waals surface area contributed by atoms with E-state index in [0.29, 0.717) is 16.3 Å². The second-order valence-electron chi connectivity index (χ2n) is 4.76. The lowest BCUT2D eigenvalue weighted by Gasteiger charge is -2.11. The monoisotopic (exact) mass is 318 g/mol. The summed E-state index contributed by atoms with van der Waals surface area (Å²) in [6, 6.07) is 12.8. The van der Waals surface area contributed by atoms with Crippen molar-refractivity contribution in [3.8, 4) is 0 Å². The predicted octanol–water partition coefficient (Wildman–Crippen LogP) is 3.46. The minimum absolute atomic E-state index is 0.140. The molecule has 2 aromatic carbocycles. The lowest BCUT2D eigenvalue weighted by Crippen LogP contribution is -2.19. The first-order valence-electron chi connectivity index (χ1n) is 6.40. The molecule has 5 heteroatoms. The van der Waals surface area contributed by atoms with Gasteiger partial charge in [-0.3, -0.25) is 4.79 Å². The van der Waals surface area contributed by atoms with E-state index in [0.717, 1.165) is 11.1 Å². The predicted molar refractivity (Wildman–Crippen MR) is 90.9 cm³/mol. The van der Waals surface area contributed by atoms with Crippen molar-refractivity contribution in [2.24, 2.45) is 5.73 Å². The number of benzene rings is 2. The van der Waals surface area contributed by atoms with Gasteiger partial charge in [-0.1, -0.05) is 53.6 Å². The fraction of sp³-hybridized carbons (Fsp3) is 0.125. The number of rotatable bonds is 4. The molecule has 3 nitrogen and oxygen atoms in total. The first-order valence-corrected chi connectivity index (χ1v) is 7.19. The lowest BCUT2D eigenvalue weighted by molar-refractivity contribution is -0.115. The van der Waals surface area contributed by atoms with Crippen LogP contribution in [0, 0.1) is 6.92 Å². The lowest BCUT2D eigenvalue weighted by atomic mass is 10.1. The van der Waals surface area contributed by atoms with Gasteiger partial charge in [-0.15, -0.1) is 0 Å². The average molecular weight is 319 g/mol. The molecule has 0 aliphatic heterocycles. The Hall–Kier alpha value is -1.91. The van der Waals surface area contributed by atoms with Gasteiger partial charge < -0.3 is 11.1 Å². The van der Waals surface area contributed by atoms with E-state index in [9.17, 15) is 4.79 Å². The number of carbonyl (C=O) groups is 1. The summed E-state index contributed by atoms with van der Waals surface area (Å²) in [4.78, 5) is 12.3. The van der Waals surface area contributed by atoms with Crippen LogP contribution in [-0.2, 0) is 11.2 Å². The van der Waals surface area contributed by atoms with E-state index in [-0.39, 0.29) is 17.3 Å². The molecule has 1 amide bonds. The number of hydrogen-bond donors (Lipinski definition) is 2. The molecule has 2 rings (SSSR count). The van der Waals surface area contributed by atoms with Gasteiger partial charge >= 0.3 is 0 Å². The number of thiocarbonyl (C=S) groups is 1. The maximum Gasteiger partial charge on any atom is 0.228 e. The molecule has 0 heterocycles. The summed E-state index contributed by atoms with van der Waals surface area (Å²) in [6.45, 7) is 2.00. The minimum atomic E-state index is -0.140. The number of aryl methyl sites for hydroxylation is 1. The van der Waals surface area contributed by atoms with Crippen LogP contribution in [0.4, 0.5) is 5.69 Å². The van der Waals surface area contributed by atoms with Gasteiger partial charge in [-0.25, -0.2) is 0 Å². The standard InChI is InChI=1S/C16H15ClN2OS/c1-10-2-4-11(5-3-10)8-15(20)19-14-9-12(17)6-7-13(14)16(18)21/h2-7,9H,8H2,1H3,(H2,18,21)(H,19,20). The molecule has 0 bridgehead atoms. The Morgan fingerprint density at radius 1 is 1.24 bits per heavy atom. The molecule has 21 heavy (non-hydrogen) atoms. The van der Waals surface area contributed by atoms with Crippen molar-refractivity contribution in [2.75, 3.05) is 5.32 Å². The Balaban J connectivity index is 2.14. The number of halogens is 1. The second-order valence-corrected chi connectivity index (χ2v) is 5.64. The molecule has 0 spiro atoms. The number of amides is 1. The highest BCUT2D eigenvalue weighted by Crippen LogP contribution is 2.21. The van der Waals surface area contributed by atoms with Crippen LogP contribution in [0.5, 0.6) is 0 Å². The highest BCUT2D eigenvalue weighted by molar-refractivity contribution is 7.80. The first-order chi connectivity index (χ1) is 9.95. The maximum atomic E-state index is 12.1. The van der Waals surface area contributed by atoms with Gasteiger partial charge in [0, 0.05) is 10.6 Å². The van der Waals surface area contributed by atoms with Crippen LogP contribution >= 0.6 is 23.8 Å². The van der Waals surface area contributed by atoms with Crippen molar-refractivity contribution in [3.63, 3.8) is 0 Å². The molecule has 0 aliphatic carbocycles. The quantitative estimate of drug-likeness (QED) is 0.849. The Morgan fingerprint density at radius 3 is 2.52 bits per heavy atom. The summed E-state index contributed by atoms with van der Waals surface area (Å²) in [5.41, 5.74) is 8.88. The van der Waals surface area contributed by atoms with Crippen molar-refractivity contribution in [1.82, 2.24) is 0 Å². The summed E-state index contributed by atoms with van der Waals surface area (Å²) >= 11 is 10.9. The van der Waals surface area contributed by atoms with Gasteiger partial charge in [0.2, 0.25) is 5.91 Å². The molecule has 2 aromatic rings. The van der Waals surface area contributed by atoms with E-state index in [4.69, 9.17) is 29.6 Å². The second kappa shape index (κ2) is 6.70. The summed E-state index contributed by atoms with van der Waals surface area (Å²) in [6.07, 6.45) is 0.281. The highest BCUT2D eigenvalue weighted by atomic mass is 35.5. The largest absolute Gasteiger partial charge is 0.389 e. The molecule has 108 valence electrons. The van der Waals surface area contributed by atoms with E-state index in [1.807, 2.05) is 31.2 Å². The van der Waals surface area contributed by atoms with Crippen LogP contribution in [0.25, 0.3) is 0 Å². The van der Waals surface area contributed by atoms with Crippen molar-refractivity contribution in [2.45, 2.75) is 13.3 Å². The molecular weight excluding hydrogens is 304 g/mol. The van der Waals surface area contributed by atoms with E-state index in [1.165, 1.54) is 0 Å². The number of hydrogen-bond acceptors (Lipinski definition) is 2. The molecule has 0 radical (unpaired) electrons. The first kappa shape index (κ1) is 15.5. The van der Waals surface area contributed by atoms with Gasteiger partial charge in [-0.05, 0) is 30.7 Å². The fourth-order valence-electron chi connectivity index (χ4n) is 1.92. The van der Waals surface area contributed by atoms with Crippen molar-refractivity contribution in [1.29, 1.82) is 0 Å². The van der Waals surface area contributed by atoms with Crippen LogP contribution < -0.4 is 11.1 Å². The van der Waals surface area contributed by atoms with Gasteiger partial charge in [0.25, 0.3) is 0 Å². The Kier molecular flexibility index (Phi) is 4.94. The summed E-state index contributed by atoms with van der Waals surface area (Å²) in [5.74, 6) is -0.140. The molecule has 0 atom stereocenters.